The Morgan fingerprint density at radius 2 is 1.89 bits per heavy atom. The van der Waals surface area contributed by atoms with Crippen molar-refractivity contribution < 1.29 is 18.4 Å². The summed E-state index contributed by atoms with van der Waals surface area (Å²) in [7, 11) is 0. The summed E-state index contributed by atoms with van der Waals surface area (Å²) in [6.07, 6.45) is 0.454. The smallest absolute Gasteiger partial charge is 0.243 e. The summed E-state index contributed by atoms with van der Waals surface area (Å²) in [6.45, 7) is 1.73. The lowest BCUT2D eigenvalue weighted by Crippen LogP contribution is -2.57. The maximum atomic E-state index is 13.1. The first-order chi connectivity index (χ1) is 9.01. The number of hydrogen-bond donors (Lipinski definition) is 1. The minimum atomic E-state index is -0.697. The molecular formula is C13H14F2N2O2. The molecule has 0 aliphatic carbocycles. The molecule has 2 rings (SSSR count). The molecule has 2 amide bonds. The van der Waals surface area contributed by atoms with Gasteiger partial charge < -0.3 is 10.2 Å². The van der Waals surface area contributed by atoms with Crippen LogP contribution in [0.25, 0.3) is 0 Å². The zero-order valence-electron chi connectivity index (χ0n) is 10.5. The Morgan fingerprint density at radius 3 is 2.47 bits per heavy atom. The minimum Gasteiger partial charge on any atom is -0.345 e. The van der Waals surface area contributed by atoms with Crippen LogP contribution >= 0.6 is 0 Å². The summed E-state index contributed by atoms with van der Waals surface area (Å²) in [6, 6.07) is 2.50. The predicted octanol–water partition coefficient (Wildman–Crippen LogP) is 1.20. The lowest BCUT2D eigenvalue weighted by Gasteiger charge is -2.34. The van der Waals surface area contributed by atoms with Gasteiger partial charge in [0.1, 0.15) is 17.7 Å². The van der Waals surface area contributed by atoms with E-state index in [1.807, 2.05) is 0 Å². The second-order valence-corrected chi connectivity index (χ2v) is 4.44. The molecule has 0 radical (unpaired) electrons. The Balaban J connectivity index is 2.23. The molecule has 1 aromatic rings. The Labute approximate surface area is 109 Å². The molecule has 102 valence electrons. The zero-order valence-corrected chi connectivity index (χ0v) is 10.5. The molecule has 1 saturated heterocycles. The zero-order chi connectivity index (χ0) is 14.0. The van der Waals surface area contributed by atoms with Gasteiger partial charge in [-0.3, -0.25) is 9.59 Å². The molecule has 1 N–H and O–H groups in total. The van der Waals surface area contributed by atoms with Crippen molar-refractivity contribution in [3.8, 4) is 0 Å². The number of amides is 2. The monoisotopic (exact) mass is 268 g/mol. The third-order valence-electron chi connectivity index (χ3n) is 3.08. The van der Waals surface area contributed by atoms with Crippen LogP contribution in [0.4, 0.5) is 8.78 Å². The number of hydrogen-bond acceptors (Lipinski definition) is 2. The van der Waals surface area contributed by atoms with E-state index in [4.69, 9.17) is 0 Å². The van der Waals surface area contributed by atoms with Crippen LogP contribution in [0.3, 0.4) is 0 Å². The molecule has 6 heteroatoms. The van der Waals surface area contributed by atoms with Gasteiger partial charge in [-0.1, -0.05) is 6.92 Å². The second kappa shape index (κ2) is 5.34. The van der Waals surface area contributed by atoms with Crippen molar-refractivity contribution >= 4 is 11.8 Å². The number of piperazine rings is 1. The van der Waals surface area contributed by atoms with Crippen LogP contribution in [-0.4, -0.2) is 29.3 Å². The summed E-state index contributed by atoms with van der Waals surface area (Å²) in [5.74, 6) is -1.89. The van der Waals surface area contributed by atoms with Crippen molar-refractivity contribution in [3.05, 3.63) is 35.4 Å². The molecule has 1 aliphatic heterocycles. The first-order valence-electron chi connectivity index (χ1n) is 6.03. The van der Waals surface area contributed by atoms with E-state index >= 15 is 0 Å². The van der Waals surface area contributed by atoms with Gasteiger partial charge in [0.15, 0.2) is 0 Å². The first-order valence-corrected chi connectivity index (χ1v) is 6.03. The molecule has 0 aromatic heterocycles. The van der Waals surface area contributed by atoms with Gasteiger partial charge in [0, 0.05) is 12.6 Å². The van der Waals surface area contributed by atoms with E-state index in [9.17, 15) is 18.4 Å². The van der Waals surface area contributed by atoms with Crippen molar-refractivity contribution in [2.45, 2.75) is 25.9 Å². The van der Waals surface area contributed by atoms with Gasteiger partial charge in [0.2, 0.25) is 11.8 Å². The average Bonchev–Trinajstić information content (AvgIpc) is 2.33. The molecule has 1 unspecified atom stereocenters. The van der Waals surface area contributed by atoms with E-state index in [0.717, 1.165) is 18.2 Å². The summed E-state index contributed by atoms with van der Waals surface area (Å²) < 4.78 is 26.2. The highest BCUT2D eigenvalue weighted by molar-refractivity contribution is 5.94. The van der Waals surface area contributed by atoms with Crippen LogP contribution < -0.4 is 5.32 Å². The highest BCUT2D eigenvalue weighted by Gasteiger charge is 2.32. The van der Waals surface area contributed by atoms with E-state index < -0.39 is 17.7 Å². The maximum Gasteiger partial charge on any atom is 0.243 e. The highest BCUT2D eigenvalue weighted by atomic mass is 19.1. The molecule has 0 spiro atoms. The number of benzene rings is 1. The van der Waals surface area contributed by atoms with Crippen molar-refractivity contribution in [1.82, 2.24) is 10.2 Å². The molecule has 0 saturated carbocycles. The van der Waals surface area contributed by atoms with Gasteiger partial charge in [-0.25, -0.2) is 8.78 Å². The van der Waals surface area contributed by atoms with Gasteiger partial charge in [-0.05, 0) is 24.1 Å². The van der Waals surface area contributed by atoms with Crippen LogP contribution in [0, 0.1) is 11.6 Å². The van der Waals surface area contributed by atoms with Crippen LogP contribution in [0.2, 0.25) is 0 Å². The summed E-state index contributed by atoms with van der Waals surface area (Å²) in [5.41, 5.74) is 0.332. The fraction of sp³-hybridized carbons (Fsp3) is 0.385. The van der Waals surface area contributed by atoms with Crippen molar-refractivity contribution in [2.75, 3.05) is 6.54 Å². The number of carbonyl (C=O) groups is 2. The quantitative estimate of drug-likeness (QED) is 0.895. The number of nitrogens with zero attached hydrogens (tertiary/aromatic N) is 1. The fourth-order valence-corrected chi connectivity index (χ4v) is 2.20. The molecule has 1 heterocycles. The van der Waals surface area contributed by atoms with Crippen LogP contribution in [0.1, 0.15) is 18.9 Å². The van der Waals surface area contributed by atoms with Gasteiger partial charge in [-0.2, -0.15) is 0 Å². The molecule has 1 aromatic carbocycles. The Kier molecular flexibility index (Phi) is 3.78. The van der Waals surface area contributed by atoms with Crippen molar-refractivity contribution in [1.29, 1.82) is 0 Å². The maximum absolute atomic E-state index is 13.1. The molecule has 0 bridgehead atoms. The van der Waals surface area contributed by atoms with Crippen LogP contribution in [-0.2, 0) is 16.1 Å². The number of halogens is 2. The third-order valence-corrected chi connectivity index (χ3v) is 3.08. The number of rotatable bonds is 3. The van der Waals surface area contributed by atoms with Gasteiger partial charge >= 0.3 is 0 Å². The van der Waals surface area contributed by atoms with Crippen LogP contribution in [0.5, 0.6) is 0 Å². The summed E-state index contributed by atoms with van der Waals surface area (Å²) >= 11 is 0. The van der Waals surface area contributed by atoms with Gasteiger partial charge in [0.25, 0.3) is 0 Å². The molecule has 1 atom stereocenters. The van der Waals surface area contributed by atoms with Crippen LogP contribution in [0.15, 0.2) is 18.2 Å². The topological polar surface area (TPSA) is 49.4 Å². The highest BCUT2D eigenvalue weighted by Crippen LogP contribution is 2.16. The van der Waals surface area contributed by atoms with Crippen molar-refractivity contribution in [3.63, 3.8) is 0 Å². The third kappa shape index (κ3) is 2.89. The number of nitrogens with one attached hydrogen (secondary N) is 1. The molecule has 19 heavy (non-hydrogen) atoms. The van der Waals surface area contributed by atoms with Gasteiger partial charge in [-0.15, -0.1) is 0 Å². The van der Waals surface area contributed by atoms with E-state index in [0.29, 0.717) is 12.0 Å². The van der Waals surface area contributed by atoms with E-state index in [1.54, 1.807) is 6.92 Å². The molecular weight excluding hydrogens is 254 g/mol. The summed E-state index contributed by atoms with van der Waals surface area (Å²) in [5, 5.41) is 2.49. The largest absolute Gasteiger partial charge is 0.345 e. The Bertz CT molecular complexity index is 499. The van der Waals surface area contributed by atoms with Gasteiger partial charge in [0.05, 0.1) is 6.54 Å². The minimum absolute atomic E-state index is 0.0272. The normalized spacial score (nSPS) is 19.5. The Morgan fingerprint density at radius 1 is 1.26 bits per heavy atom. The first kappa shape index (κ1) is 13.5. The van der Waals surface area contributed by atoms with Crippen molar-refractivity contribution in [2.24, 2.45) is 0 Å². The lowest BCUT2D eigenvalue weighted by molar-refractivity contribution is -0.146. The molecule has 1 aliphatic rings. The molecule has 4 nitrogen and oxygen atoms in total. The summed E-state index contributed by atoms with van der Waals surface area (Å²) in [4.78, 5) is 24.8. The van der Waals surface area contributed by atoms with E-state index in [-0.39, 0.29) is 24.9 Å². The fourth-order valence-electron chi connectivity index (χ4n) is 2.20. The number of carbonyl (C=O) groups excluding carboxylic acids is 2. The standard InChI is InChI=1S/C13H14F2N2O2/c1-2-11-13(19)16-6-12(18)17(11)7-8-3-9(14)5-10(15)4-8/h3-5,11H,2,6-7H2,1H3,(H,16,19). The predicted molar refractivity (Wildman–Crippen MR) is 64.0 cm³/mol. The molecule has 1 fully saturated rings. The average molecular weight is 268 g/mol. The second-order valence-electron chi connectivity index (χ2n) is 4.44. The van der Waals surface area contributed by atoms with E-state index in [1.165, 1.54) is 4.90 Å². The SMILES string of the molecule is CCC1C(=O)NCC(=O)N1Cc1cc(F)cc(F)c1. The van der Waals surface area contributed by atoms with E-state index in [2.05, 4.69) is 5.32 Å². The Hall–Kier alpha value is -1.98. The lowest BCUT2D eigenvalue weighted by atomic mass is 10.1.